The number of hydrogen-bond donors (Lipinski definition) is 3. The summed E-state index contributed by atoms with van der Waals surface area (Å²) in [4.78, 5) is 25.9. The molecule has 0 radical (unpaired) electrons. The average Bonchev–Trinajstić information content (AvgIpc) is 3.23. The lowest BCUT2D eigenvalue weighted by Crippen LogP contribution is -2.35. The highest BCUT2D eigenvalue weighted by molar-refractivity contribution is 5.99. The normalized spacial score (nSPS) is 18.6. The lowest BCUT2D eigenvalue weighted by molar-refractivity contribution is -0.120. The summed E-state index contributed by atoms with van der Waals surface area (Å²) in [5.41, 5.74) is 7.85. The van der Waals surface area contributed by atoms with Crippen LogP contribution in [0.3, 0.4) is 0 Å². The van der Waals surface area contributed by atoms with Gasteiger partial charge >= 0.3 is 0 Å². The maximum Gasteiger partial charge on any atom is 0.251 e. The minimum Gasteiger partial charge on any atom is -0.497 e. The molecule has 0 spiro atoms. The Morgan fingerprint density at radius 2 is 1.88 bits per heavy atom. The van der Waals surface area contributed by atoms with Crippen LogP contribution in [-0.4, -0.2) is 32.0 Å². The van der Waals surface area contributed by atoms with Gasteiger partial charge in [0.05, 0.1) is 24.8 Å². The topological polar surface area (TPSA) is 82.7 Å². The fourth-order valence-corrected chi connectivity index (χ4v) is 4.61. The molecule has 0 aromatic heterocycles. The third kappa shape index (κ3) is 4.34. The van der Waals surface area contributed by atoms with Crippen molar-refractivity contribution in [3.8, 4) is 5.75 Å². The van der Waals surface area contributed by atoms with Crippen LogP contribution in [-0.2, 0) is 11.2 Å². The van der Waals surface area contributed by atoms with Crippen molar-refractivity contribution in [2.75, 3.05) is 30.5 Å². The molecule has 0 saturated carbocycles. The zero-order valence-corrected chi connectivity index (χ0v) is 19.1. The molecule has 2 atom stereocenters. The summed E-state index contributed by atoms with van der Waals surface area (Å²) in [5, 5.41) is 7.97. The first-order valence-corrected chi connectivity index (χ1v) is 11.6. The number of carbonyl (C=O) groups excluding carboxylic acids is 2. The van der Waals surface area contributed by atoms with E-state index in [9.17, 15) is 9.59 Å². The minimum absolute atomic E-state index is 0.00378. The van der Waals surface area contributed by atoms with Crippen LogP contribution < -0.4 is 25.8 Å². The summed E-state index contributed by atoms with van der Waals surface area (Å²) in [6, 6.07) is 23.1. The molecule has 174 valence electrons. The highest BCUT2D eigenvalue weighted by Gasteiger charge is 2.44. The zero-order chi connectivity index (χ0) is 23.5. The van der Waals surface area contributed by atoms with Crippen LogP contribution in [0, 0.1) is 5.92 Å². The van der Waals surface area contributed by atoms with Gasteiger partial charge in [0, 0.05) is 24.3 Å². The number of ether oxygens (including phenoxy) is 1. The number of nitrogens with zero attached hydrogens (tertiary/aromatic N) is 1. The van der Waals surface area contributed by atoms with Crippen LogP contribution in [0.2, 0.25) is 0 Å². The van der Waals surface area contributed by atoms with Crippen LogP contribution in [0.25, 0.3) is 0 Å². The predicted molar refractivity (Wildman–Crippen MR) is 132 cm³/mol. The van der Waals surface area contributed by atoms with Gasteiger partial charge in [-0.15, -0.1) is 0 Å². The molecule has 2 heterocycles. The molecular formula is C27H28N4O3. The largest absolute Gasteiger partial charge is 0.497 e. The van der Waals surface area contributed by atoms with E-state index in [0.717, 1.165) is 35.5 Å². The second-order valence-corrected chi connectivity index (χ2v) is 8.61. The molecule has 2 aliphatic rings. The van der Waals surface area contributed by atoms with E-state index in [-0.39, 0.29) is 23.8 Å². The maximum atomic E-state index is 13.1. The smallest absolute Gasteiger partial charge is 0.251 e. The highest BCUT2D eigenvalue weighted by Crippen LogP contribution is 2.40. The number of benzene rings is 3. The van der Waals surface area contributed by atoms with Crippen LogP contribution in [0.15, 0.2) is 72.8 Å². The lowest BCUT2D eigenvalue weighted by atomic mass is 9.88. The molecule has 1 fully saturated rings. The number of amides is 2. The molecule has 3 aromatic rings. The van der Waals surface area contributed by atoms with E-state index in [1.807, 2.05) is 60.7 Å². The van der Waals surface area contributed by atoms with E-state index < -0.39 is 0 Å². The first-order chi connectivity index (χ1) is 16.6. The fourth-order valence-electron chi connectivity index (χ4n) is 4.61. The first kappa shape index (κ1) is 22.0. The first-order valence-electron chi connectivity index (χ1n) is 11.6. The molecule has 1 saturated heterocycles. The number of hydrogen-bond acceptors (Lipinski definition) is 5. The van der Waals surface area contributed by atoms with E-state index in [1.54, 1.807) is 12.1 Å². The van der Waals surface area contributed by atoms with Crippen LogP contribution in [0.4, 0.5) is 11.4 Å². The van der Waals surface area contributed by atoms with E-state index >= 15 is 0 Å². The van der Waals surface area contributed by atoms with E-state index in [1.165, 1.54) is 5.56 Å². The van der Waals surface area contributed by atoms with Gasteiger partial charge < -0.3 is 15.4 Å². The summed E-state index contributed by atoms with van der Waals surface area (Å²) in [5.74, 6) is 0.386. The minimum atomic E-state index is -0.251. The Labute approximate surface area is 199 Å². The second kappa shape index (κ2) is 9.57. The van der Waals surface area contributed by atoms with Crippen molar-refractivity contribution in [1.82, 2.24) is 10.7 Å². The van der Waals surface area contributed by atoms with Gasteiger partial charge in [0.1, 0.15) is 5.75 Å². The SMILES string of the molecule is COc1ccc(N2NC3c4cc(C(=O)NCCCc5ccccc5)ccc4NCC3C2=O)cc1. The van der Waals surface area contributed by atoms with Gasteiger partial charge in [-0.2, -0.15) is 0 Å². The average molecular weight is 457 g/mol. The Bertz CT molecular complexity index is 1180. The number of anilines is 2. The molecule has 2 aliphatic heterocycles. The van der Waals surface area contributed by atoms with Gasteiger partial charge in [0.25, 0.3) is 5.91 Å². The lowest BCUT2D eigenvalue weighted by Gasteiger charge is -2.27. The Morgan fingerprint density at radius 1 is 1.09 bits per heavy atom. The van der Waals surface area contributed by atoms with Gasteiger partial charge in [-0.05, 0) is 66.4 Å². The van der Waals surface area contributed by atoms with E-state index in [2.05, 4.69) is 28.2 Å². The fraction of sp³-hybridized carbons (Fsp3) is 0.259. The van der Waals surface area contributed by atoms with Crippen molar-refractivity contribution in [2.24, 2.45) is 5.92 Å². The van der Waals surface area contributed by atoms with Crippen molar-refractivity contribution in [2.45, 2.75) is 18.9 Å². The predicted octanol–water partition coefficient (Wildman–Crippen LogP) is 3.69. The summed E-state index contributed by atoms with van der Waals surface area (Å²) >= 11 is 0. The quantitative estimate of drug-likeness (QED) is 0.473. The zero-order valence-electron chi connectivity index (χ0n) is 19.1. The maximum absolute atomic E-state index is 13.1. The van der Waals surface area contributed by atoms with Crippen molar-refractivity contribution < 1.29 is 14.3 Å². The van der Waals surface area contributed by atoms with E-state index in [0.29, 0.717) is 18.7 Å². The van der Waals surface area contributed by atoms with Crippen molar-refractivity contribution >= 4 is 23.2 Å². The monoisotopic (exact) mass is 456 g/mol. The molecule has 2 amide bonds. The number of carbonyl (C=O) groups is 2. The summed E-state index contributed by atoms with van der Waals surface area (Å²) in [6.07, 6.45) is 1.80. The summed E-state index contributed by atoms with van der Waals surface area (Å²) < 4.78 is 5.22. The van der Waals surface area contributed by atoms with Crippen LogP contribution >= 0.6 is 0 Å². The molecular weight excluding hydrogens is 428 g/mol. The summed E-state index contributed by atoms with van der Waals surface area (Å²) in [6.45, 7) is 1.15. The third-order valence-electron chi connectivity index (χ3n) is 6.47. The standard InChI is InChI=1S/C27H28N4O3/c1-34-21-12-10-20(11-13-21)31-27(33)23-17-29-24-14-9-19(16-22(24)25(23)30-31)26(32)28-15-5-8-18-6-3-2-4-7-18/h2-4,6-7,9-14,16,23,25,29-30H,5,8,15,17H2,1H3,(H,28,32). The Hall–Kier alpha value is -3.84. The number of methoxy groups -OCH3 is 1. The number of nitrogens with one attached hydrogen (secondary N) is 3. The number of aryl methyl sites for hydroxylation is 1. The van der Waals surface area contributed by atoms with Crippen molar-refractivity contribution in [3.63, 3.8) is 0 Å². The van der Waals surface area contributed by atoms with Gasteiger partial charge in [-0.25, -0.2) is 10.4 Å². The Balaban J connectivity index is 1.27. The van der Waals surface area contributed by atoms with Gasteiger partial charge in [0.2, 0.25) is 5.91 Å². The molecule has 34 heavy (non-hydrogen) atoms. The second-order valence-electron chi connectivity index (χ2n) is 8.61. The van der Waals surface area contributed by atoms with Crippen LogP contribution in [0.1, 0.15) is 33.9 Å². The molecule has 7 nitrogen and oxygen atoms in total. The molecule has 0 aliphatic carbocycles. The number of hydrazine groups is 1. The molecule has 0 bridgehead atoms. The van der Waals surface area contributed by atoms with Gasteiger partial charge in [-0.1, -0.05) is 30.3 Å². The molecule has 3 aromatic carbocycles. The molecule has 7 heteroatoms. The highest BCUT2D eigenvalue weighted by atomic mass is 16.5. The van der Waals surface area contributed by atoms with Gasteiger partial charge in [0.15, 0.2) is 0 Å². The summed E-state index contributed by atoms with van der Waals surface area (Å²) in [7, 11) is 1.61. The number of rotatable bonds is 7. The van der Waals surface area contributed by atoms with Crippen molar-refractivity contribution in [1.29, 1.82) is 0 Å². The van der Waals surface area contributed by atoms with Crippen molar-refractivity contribution in [3.05, 3.63) is 89.5 Å². The Morgan fingerprint density at radius 3 is 2.65 bits per heavy atom. The Kier molecular flexibility index (Phi) is 6.18. The van der Waals surface area contributed by atoms with Crippen LogP contribution in [0.5, 0.6) is 5.75 Å². The molecule has 5 rings (SSSR count). The van der Waals surface area contributed by atoms with Gasteiger partial charge in [-0.3, -0.25) is 9.59 Å². The third-order valence-corrected chi connectivity index (χ3v) is 6.47. The molecule has 2 unspecified atom stereocenters. The van der Waals surface area contributed by atoms with E-state index in [4.69, 9.17) is 4.74 Å². The number of fused-ring (bicyclic) bond motifs is 3. The molecule has 3 N–H and O–H groups in total.